The summed E-state index contributed by atoms with van der Waals surface area (Å²) >= 11 is 0. The van der Waals surface area contributed by atoms with Gasteiger partial charge in [-0.2, -0.15) is 0 Å². The van der Waals surface area contributed by atoms with E-state index in [0.717, 1.165) is 31.0 Å². The Kier molecular flexibility index (Phi) is 4.27. The van der Waals surface area contributed by atoms with E-state index in [0.29, 0.717) is 13.2 Å². The normalized spacial score (nSPS) is 15.4. The molecule has 1 unspecified atom stereocenters. The minimum Gasteiger partial charge on any atom is -0.370 e. The smallest absolute Gasteiger partial charge is 0.246 e. The summed E-state index contributed by atoms with van der Waals surface area (Å²) in [7, 11) is 0. The molecule has 0 radical (unpaired) electrons. The van der Waals surface area contributed by atoms with Crippen molar-refractivity contribution in [3.8, 4) is 0 Å². The molecule has 1 aromatic rings. The number of carbonyl (C=O) groups is 1. The van der Waals surface area contributed by atoms with Gasteiger partial charge >= 0.3 is 0 Å². The predicted octanol–water partition coefficient (Wildman–Crippen LogP) is -0.623. The van der Waals surface area contributed by atoms with Crippen molar-refractivity contribution < 1.29 is 9.53 Å². The summed E-state index contributed by atoms with van der Waals surface area (Å²) in [4.78, 5) is 11.6. The van der Waals surface area contributed by atoms with Gasteiger partial charge in [0.15, 0.2) is 5.82 Å². The van der Waals surface area contributed by atoms with Crippen molar-refractivity contribution in [3.05, 3.63) is 11.6 Å². The van der Waals surface area contributed by atoms with Crippen LogP contribution < -0.4 is 11.1 Å². The van der Waals surface area contributed by atoms with Crippen molar-refractivity contribution in [1.82, 2.24) is 20.1 Å². The van der Waals surface area contributed by atoms with E-state index in [1.54, 1.807) is 0 Å². The van der Waals surface area contributed by atoms with Crippen LogP contribution in [0, 0.1) is 0 Å². The van der Waals surface area contributed by atoms with Crippen molar-refractivity contribution in [2.45, 2.75) is 32.4 Å². The molecule has 0 fully saturated rings. The van der Waals surface area contributed by atoms with Gasteiger partial charge in [-0.1, -0.05) is 0 Å². The van der Waals surface area contributed by atoms with Crippen molar-refractivity contribution in [2.24, 2.45) is 5.73 Å². The largest absolute Gasteiger partial charge is 0.370 e. The summed E-state index contributed by atoms with van der Waals surface area (Å²) in [6, 6.07) is -0.154. The number of rotatable bonds is 6. The Morgan fingerprint density at radius 1 is 1.61 bits per heavy atom. The topological polar surface area (TPSA) is 95.1 Å². The van der Waals surface area contributed by atoms with Crippen molar-refractivity contribution in [3.63, 3.8) is 0 Å². The van der Waals surface area contributed by atoms with Crippen LogP contribution in [-0.2, 0) is 22.5 Å². The SMILES string of the molecule is CC(NC(=O)COCCN)c1nnc2n1CCC2. The third-order valence-corrected chi connectivity index (χ3v) is 2.90. The third-order valence-electron chi connectivity index (χ3n) is 2.90. The van der Waals surface area contributed by atoms with Crippen LogP contribution in [0.15, 0.2) is 0 Å². The van der Waals surface area contributed by atoms with Crippen LogP contribution in [0.4, 0.5) is 0 Å². The second-order valence-corrected chi connectivity index (χ2v) is 4.36. The fourth-order valence-corrected chi connectivity index (χ4v) is 2.09. The molecular formula is C11H19N5O2. The molecule has 18 heavy (non-hydrogen) atoms. The van der Waals surface area contributed by atoms with Gasteiger partial charge in [-0.3, -0.25) is 4.79 Å². The summed E-state index contributed by atoms with van der Waals surface area (Å²) in [5.41, 5.74) is 5.28. The zero-order chi connectivity index (χ0) is 13.0. The lowest BCUT2D eigenvalue weighted by Gasteiger charge is -2.13. The first kappa shape index (κ1) is 13.0. The maximum Gasteiger partial charge on any atom is 0.246 e. The average molecular weight is 253 g/mol. The van der Waals surface area contributed by atoms with Crippen LogP contribution in [0.1, 0.15) is 31.0 Å². The number of nitrogens with one attached hydrogen (secondary N) is 1. The number of carbonyl (C=O) groups excluding carboxylic acids is 1. The molecule has 7 nitrogen and oxygen atoms in total. The number of nitrogens with two attached hydrogens (primary N) is 1. The van der Waals surface area contributed by atoms with E-state index in [1.165, 1.54) is 0 Å². The van der Waals surface area contributed by atoms with Crippen molar-refractivity contribution in [2.75, 3.05) is 19.8 Å². The Balaban J connectivity index is 1.87. The van der Waals surface area contributed by atoms with Crippen LogP contribution in [0.5, 0.6) is 0 Å². The minimum atomic E-state index is -0.161. The van der Waals surface area contributed by atoms with E-state index in [-0.39, 0.29) is 18.6 Å². The van der Waals surface area contributed by atoms with Gasteiger partial charge in [-0.25, -0.2) is 0 Å². The van der Waals surface area contributed by atoms with Gasteiger partial charge in [-0.05, 0) is 13.3 Å². The molecule has 0 aromatic carbocycles. The summed E-state index contributed by atoms with van der Waals surface area (Å²) in [5, 5.41) is 11.1. The quantitative estimate of drug-likeness (QED) is 0.659. The van der Waals surface area contributed by atoms with E-state index >= 15 is 0 Å². The van der Waals surface area contributed by atoms with E-state index < -0.39 is 0 Å². The van der Waals surface area contributed by atoms with Crippen LogP contribution in [0.3, 0.4) is 0 Å². The molecule has 1 aliphatic rings. The van der Waals surface area contributed by atoms with Gasteiger partial charge in [0, 0.05) is 19.5 Å². The highest BCUT2D eigenvalue weighted by Gasteiger charge is 2.22. The van der Waals surface area contributed by atoms with Crippen molar-refractivity contribution >= 4 is 5.91 Å². The third kappa shape index (κ3) is 2.85. The van der Waals surface area contributed by atoms with Crippen LogP contribution in [-0.4, -0.2) is 40.4 Å². The van der Waals surface area contributed by atoms with Gasteiger partial charge in [0.25, 0.3) is 0 Å². The second kappa shape index (κ2) is 5.92. The molecular weight excluding hydrogens is 234 g/mol. The van der Waals surface area contributed by atoms with Crippen LogP contribution in [0.25, 0.3) is 0 Å². The molecule has 1 aliphatic heterocycles. The van der Waals surface area contributed by atoms with Gasteiger partial charge < -0.3 is 20.4 Å². The molecule has 0 spiro atoms. The lowest BCUT2D eigenvalue weighted by Crippen LogP contribution is -2.32. The standard InChI is InChI=1S/C11H19N5O2/c1-8(13-10(17)7-18-6-4-12)11-15-14-9-3-2-5-16(9)11/h8H,2-7,12H2,1H3,(H,13,17). The Labute approximate surface area is 106 Å². The van der Waals surface area contributed by atoms with Crippen LogP contribution >= 0.6 is 0 Å². The maximum atomic E-state index is 11.6. The molecule has 2 rings (SSSR count). The lowest BCUT2D eigenvalue weighted by molar-refractivity contribution is -0.126. The molecule has 0 saturated carbocycles. The highest BCUT2D eigenvalue weighted by atomic mass is 16.5. The molecule has 0 bridgehead atoms. The lowest BCUT2D eigenvalue weighted by atomic mass is 10.3. The highest BCUT2D eigenvalue weighted by Crippen LogP contribution is 2.18. The molecule has 0 saturated heterocycles. The maximum absolute atomic E-state index is 11.6. The van der Waals surface area contributed by atoms with Crippen molar-refractivity contribution in [1.29, 1.82) is 0 Å². The molecule has 1 amide bonds. The number of aromatic nitrogens is 3. The number of hydrogen-bond acceptors (Lipinski definition) is 5. The van der Waals surface area contributed by atoms with Gasteiger partial charge in [0.2, 0.25) is 5.91 Å². The molecule has 1 atom stereocenters. The summed E-state index contributed by atoms with van der Waals surface area (Å²) in [6.45, 7) is 3.67. The summed E-state index contributed by atoms with van der Waals surface area (Å²) < 4.78 is 7.15. The molecule has 1 aromatic heterocycles. The zero-order valence-electron chi connectivity index (χ0n) is 10.6. The molecule has 7 heteroatoms. The number of hydrogen-bond donors (Lipinski definition) is 2. The molecule has 2 heterocycles. The van der Waals surface area contributed by atoms with E-state index in [1.807, 2.05) is 6.92 Å². The predicted molar refractivity (Wildman–Crippen MR) is 64.8 cm³/mol. The van der Waals surface area contributed by atoms with Gasteiger partial charge in [0.1, 0.15) is 12.4 Å². The fraction of sp³-hybridized carbons (Fsp3) is 0.727. The molecule has 3 N–H and O–H groups in total. The highest BCUT2D eigenvalue weighted by molar-refractivity contribution is 5.77. The van der Waals surface area contributed by atoms with Crippen LogP contribution in [0.2, 0.25) is 0 Å². The fourth-order valence-electron chi connectivity index (χ4n) is 2.09. The van der Waals surface area contributed by atoms with Gasteiger partial charge in [-0.15, -0.1) is 10.2 Å². The molecule has 100 valence electrons. The number of fused-ring (bicyclic) bond motifs is 1. The first-order valence-corrected chi connectivity index (χ1v) is 6.21. The second-order valence-electron chi connectivity index (χ2n) is 4.36. The van der Waals surface area contributed by atoms with E-state index in [9.17, 15) is 4.79 Å². The Morgan fingerprint density at radius 3 is 3.22 bits per heavy atom. The number of amides is 1. The summed E-state index contributed by atoms with van der Waals surface area (Å²) in [6.07, 6.45) is 2.06. The number of nitrogens with zero attached hydrogens (tertiary/aromatic N) is 3. The Morgan fingerprint density at radius 2 is 2.44 bits per heavy atom. The zero-order valence-corrected chi connectivity index (χ0v) is 10.6. The summed E-state index contributed by atoms with van der Waals surface area (Å²) in [5.74, 6) is 1.66. The average Bonchev–Trinajstić information content (AvgIpc) is 2.90. The Bertz CT molecular complexity index is 418. The van der Waals surface area contributed by atoms with E-state index in [2.05, 4.69) is 20.1 Å². The number of aryl methyl sites for hydroxylation is 1. The monoisotopic (exact) mass is 253 g/mol. The first-order chi connectivity index (χ1) is 8.72. The Hall–Kier alpha value is -1.47. The van der Waals surface area contributed by atoms with Gasteiger partial charge in [0.05, 0.1) is 12.6 Å². The minimum absolute atomic E-state index is 0.0303. The number of ether oxygens (including phenoxy) is 1. The first-order valence-electron chi connectivity index (χ1n) is 6.21. The molecule has 0 aliphatic carbocycles. The van der Waals surface area contributed by atoms with E-state index in [4.69, 9.17) is 10.5 Å².